The predicted octanol–water partition coefficient (Wildman–Crippen LogP) is 4.87. The van der Waals surface area contributed by atoms with Crippen LogP contribution in [0.25, 0.3) is 0 Å². The van der Waals surface area contributed by atoms with Crippen molar-refractivity contribution in [1.82, 2.24) is 9.97 Å². The fourth-order valence-electron chi connectivity index (χ4n) is 3.84. The van der Waals surface area contributed by atoms with Gasteiger partial charge in [-0.25, -0.2) is 9.97 Å². The normalized spacial score (nSPS) is 13.8. The quantitative estimate of drug-likeness (QED) is 0.383. The number of thioether (sulfide) groups is 2. The van der Waals surface area contributed by atoms with Crippen LogP contribution in [0.5, 0.6) is 0 Å². The molecule has 1 aliphatic heterocycles. The molecule has 6 nitrogen and oxygen atoms in total. The number of carbonyl (C=O) groups is 1. The Balaban J connectivity index is 1.31. The van der Waals surface area contributed by atoms with Gasteiger partial charge in [0.05, 0.1) is 5.75 Å². The van der Waals surface area contributed by atoms with Crippen LogP contribution in [0.4, 0.5) is 17.2 Å². The van der Waals surface area contributed by atoms with Crippen molar-refractivity contribution in [1.29, 1.82) is 0 Å². The average Bonchev–Trinajstić information content (AvgIpc) is 2.85. The SMILES string of the molecule is CSc1cccc(NC(=O)CSc2nccc(N3CCN(c4cc(C)ccc4C)CC3)n2)c1. The topological polar surface area (TPSA) is 61.4 Å². The van der Waals surface area contributed by atoms with Gasteiger partial charge in [-0.1, -0.05) is 30.0 Å². The van der Waals surface area contributed by atoms with Crippen LogP contribution >= 0.6 is 23.5 Å². The van der Waals surface area contributed by atoms with E-state index in [2.05, 4.69) is 52.1 Å². The van der Waals surface area contributed by atoms with E-state index in [4.69, 9.17) is 4.98 Å². The zero-order chi connectivity index (χ0) is 23.2. The first-order chi connectivity index (χ1) is 16.0. The molecule has 0 unspecified atom stereocenters. The molecular weight excluding hydrogens is 450 g/mol. The van der Waals surface area contributed by atoms with Crippen LogP contribution in [0, 0.1) is 13.8 Å². The molecule has 8 heteroatoms. The third kappa shape index (κ3) is 6.21. The van der Waals surface area contributed by atoms with Gasteiger partial charge < -0.3 is 15.1 Å². The lowest BCUT2D eigenvalue weighted by Gasteiger charge is -2.37. The summed E-state index contributed by atoms with van der Waals surface area (Å²) in [6, 6.07) is 16.4. The summed E-state index contributed by atoms with van der Waals surface area (Å²) in [7, 11) is 0. The number of nitrogens with one attached hydrogen (secondary N) is 1. The smallest absolute Gasteiger partial charge is 0.234 e. The van der Waals surface area contributed by atoms with E-state index in [9.17, 15) is 4.79 Å². The van der Waals surface area contributed by atoms with E-state index < -0.39 is 0 Å². The second kappa shape index (κ2) is 10.9. The Labute approximate surface area is 204 Å². The maximum absolute atomic E-state index is 12.4. The Morgan fingerprint density at radius 1 is 1.03 bits per heavy atom. The van der Waals surface area contributed by atoms with Crippen LogP contribution in [-0.2, 0) is 4.79 Å². The van der Waals surface area contributed by atoms with Crippen molar-refractivity contribution in [3.05, 3.63) is 65.9 Å². The third-order valence-electron chi connectivity index (χ3n) is 5.61. The van der Waals surface area contributed by atoms with E-state index >= 15 is 0 Å². The third-order valence-corrected chi connectivity index (χ3v) is 7.20. The zero-order valence-corrected chi connectivity index (χ0v) is 20.9. The second-order valence-electron chi connectivity index (χ2n) is 8.03. The minimum Gasteiger partial charge on any atom is -0.368 e. The molecule has 0 atom stereocenters. The summed E-state index contributed by atoms with van der Waals surface area (Å²) < 4.78 is 0. The molecule has 1 fully saturated rings. The molecule has 0 spiro atoms. The first kappa shape index (κ1) is 23.4. The number of aromatic nitrogens is 2. The van der Waals surface area contributed by atoms with Crippen LogP contribution in [0.15, 0.2) is 64.8 Å². The van der Waals surface area contributed by atoms with Crippen LogP contribution in [0.1, 0.15) is 11.1 Å². The number of amides is 1. The molecule has 172 valence electrons. The molecule has 4 rings (SSSR count). The van der Waals surface area contributed by atoms with Gasteiger partial charge in [-0.05, 0) is 61.6 Å². The summed E-state index contributed by atoms with van der Waals surface area (Å²) in [4.78, 5) is 27.3. The number of carbonyl (C=O) groups excluding carboxylic acids is 1. The highest BCUT2D eigenvalue weighted by atomic mass is 32.2. The predicted molar refractivity (Wildman–Crippen MR) is 140 cm³/mol. The number of nitrogens with zero attached hydrogens (tertiary/aromatic N) is 4. The van der Waals surface area contributed by atoms with Crippen molar-refractivity contribution in [2.75, 3.05) is 53.3 Å². The number of hydrogen-bond donors (Lipinski definition) is 1. The Morgan fingerprint density at radius 3 is 2.61 bits per heavy atom. The Bertz CT molecular complexity index is 1120. The van der Waals surface area contributed by atoms with Crippen LogP contribution < -0.4 is 15.1 Å². The van der Waals surface area contributed by atoms with Crippen LogP contribution in [0.2, 0.25) is 0 Å². The monoisotopic (exact) mass is 479 g/mol. The van der Waals surface area contributed by atoms with E-state index in [1.807, 2.05) is 36.6 Å². The molecule has 2 aromatic carbocycles. The van der Waals surface area contributed by atoms with Crippen molar-refractivity contribution in [2.45, 2.75) is 23.9 Å². The number of piperazine rings is 1. The summed E-state index contributed by atoms with van der Waals surface area (Å²) >= 11 is 3.01. The molecule has 2 heterocycles. The van der Waals surface area contributed by atoms with Crippen molar-refractivity contribution in [3.8, 4) is 0 Å². The summed E-state index contributed by atoms with van der Waals surface area (Å²) in [5.74, 6) is 1.13. The van der Waals surface area contributed by atoms with E-state index in [0.29, 0.717) is 5.16 Å². The van der Waals surface area contributed by atoms with Crippen molar-refractivity contribution in [2.24, 2.45) is 0 Å². The zero-order valence-electron chi connectivity index (χ0n) is 19.2. The Hall–Kier alpha value is -2.71. The average molecular weight is 480 g/mol. The van der Waals surface area contributed by atoms with Gasteiger partial charge >= 0.3 is 0 Å². The molecule has 1 aliphatic rings. The molecule has 1 aromatic heterocycles. The van der Waals surface area contributed by atoms with E-state index in [1.54, 1.807) is 18.0 Å². The molecular formula is C25H29N5OS2. The largest absolute Gasteiger partial charge is 0.368 e. The maximum Gasteiger partial charge on any atom is 0.234 e. The van der Waals surface area contributed by atoms with Crippen molar-refractivity contribution in [3.63, 3.8) is 0 Å². The summed E-state index contributed by atoms with van der Waals surface area (Å²) in [6.45, 7) is 8.02. The minimum atomic E-state index is -0.0607. The first-order valence-electron chi connectivity index (χ1n) is 11.0. The van der Waals surface area contributed by atoms with E-state index in [0.717, 1.165) is 42.6 Å². The molecule has 0 bridgehead atoms. The molecule has 3 aromatic rings. The fraction of sp³-hybridized carbons (Fsp3) is 0.320. The standard InChI is InChI=1S/C25H29N5OS2/c1-18-7-8-19(2)22(15-18)29-11-13-30(14-12-29)23-9-10-26-25(28-23)33-17-24(31)27-20-5-4-6-21(16-20)32-3/h4-10,15-16H,11-14,17H2,1-3H3,(H,27,31). The number of benzene rings is 2. The first-order valence-corrected chi connectivity index (χ1v) is 13.2. The van der Waals surface area contributed by atoms with Gasteiger partial charge in [0, 0.05) is 48.6 Å². The summed E-state index contributed by atoms with van der Waals surface area (Å²) in [6.07, 6.45) is 3.80. The van der Waals surface area contributed by atoms with Crippen molar-refractivity contribution < 1.29 is 4.79 Å². The number of hydrogen-bond acceptors (Lipinski definition) is 7. The second-order valence-corrected chi connectivity index (χ2v) is 9.85. The van der Waals surface area contributed by atoms with Crippen molar-refractivity contribution >= 4 is 46.6 Å². The Morgan fingerprint density at radius 2 is 1.82 bits per heavy atom. The molecule has 1 saturated heterocycles. The highest BCUT2D eigenvalue weighted by molar-refractivity contribution is 7.99. The van der Waals surface area contributed by atoms with Gasteiger partial charge in [-0.15, -0.1) is 11.8 Å². The lowest BCUT2D eigenvalue weighted by atomic mass is 10.1. The van der Waals surface area contributed by atoms with Gasteiger partial charge in [0.15, 0.2) is 5.16 Å². The van der Waals surface area contributed by atoms with Gasteiger partial charge in [0.2, 0.25) is 5.91 Å². The lowest BCUT2D eigenvalue weighted by Crippen LogP contribution is -2.47. The minimum absolute atomic E-state index is 0.0607. The maximum atomic E-state index is 12.4. The van der Waals surface area contributed by atoms with Gasteiger partial charge in [-0.3, -0.25) is 4.79 Å². The van der Waals surface area contributed by atoms with E-state index in [-0.39, 0.29) is 11.7 Å². The summed E-state index contributed by atoms with van der Waals surface area (Å²) in [5, 5.41) is 3.57. The molecule has 0 saturated carbocycles. The fourth-order valence-corrected chi connectivity index (χ4v) is 4.93. The molecule has 1 N–H and O–H groups in total. The molecule has 1 amide bonds. The molecule has 0 radical (unpaired) electrons. The highest BCUT2D eigenvalue weighted by Crippen LogP contribution is 2.25. The molecule has 0 aliphatic carbocycles. The highest BCUT2D eigenvalue weighted by Gasteiger charge is 2.20. The Kier molecular flexibility index (Phi) is 7.77. The van der Waals surface area contributed by atoms with Crippen LogP contribution in [0.3, 0.4) is 0 Å². The number of aryl methyl sites for hydroxylation is 2. The van der Waals surface area contributed by atoms with Gasteiger partial charge in [-0.2, -0.15) is 0 Å². The number of anilines is 3. The lowest BCUT2D eigenvalue weighted by molar-refractivity contribution is -0.113. The van der Waals surface area contributed by atoms with Gasteiger partial charge in [0.1, 0.15) is 5.82 Å². The molecule has 33 heavy (non-hydrogen) atoms. The van der Waals surface area contributed by atoms with Crippen LogP contribution in [-0.4, -0.2) is 54.1 Å². The number of rotatable bonds is 7. The summed E-state index contributed by atoms with van der Waals surface area (Å²) in [5.41, 5.74) is 4.73. The van der Waals surface area contributed by atoms with E-state index in [1.165, 1.54) is 28.6 Å². The van der Waals surface area contributed by atoms with Gasteiger partial charge in [0.25, 0.3) is 0 Å².